The highest BCUT2D eigenvalue weighted by molar-refractivity contribution is 5.50. The molecule has 2 N–H and O–H groups in total. The smallest absolute Gasteiger partial charge is 0.230 e. The van der Waals surface area contributed by atoms with Crippen LogP contribution in [0.25, 0.3) is 0 Å². The van der Waals surface area contributed by atoms with Crippen LogP contribution < -0.4 is 20.1 Å². The summed E-state index contributed by atoms with van der Waals surface area (Å²) in [5.41, 5.74) is 1.14. The Balaban J connectivity index is 1.57. The van der Waals surface area contributed by atoms with Gasteiger partial charge in [0.1, 0.15) is 11.6 Å². The van der Waals surface area contributed by atoms with Crippen LogP contribution >= 0.6 is 0 Å². The molecular formula is C18H21N5O3. The Kier molecular flexibility index (Phi) is 5.52. The van der Waals surface area contributed by atoms with Crippen molar-refractivity contribution in [3.8, 4) is 11.5 Å². The number of nitrogens with zero attached hydrogens (tertiary/aromatic N) is 3. The lowest BCUT2D eigenvalue weighted by atomic mass is 10.1. The number of anilines is 3. The van der Waals surface area contributed by atoms with E-state index in [1.54, 1.807) is 26.5 Å². The maximum atomic E-state index is 5.33. The van der Waals surface area contributed by atoms with E-state index in [-0.39, 0.29) is 0 Å². The van der Waals surface area contributed by atoms with E-state index in [1.165, 1.54) is 0 Å². The number of nitrogens with one attached hydrogen (secondary N) is 2. The van der Waals surface area contributed by atoms with Gasteiger partial charge in [-0.2, -0.15) is 4.98 Å². The quantitative estimate of drug-likeness (QED) is 0.636. The van der Waals surface area contributed by atoms with Gasteiger partial charge in [-0.05, 0) is 37.1 Å². The fourth-order valence-electron chi connectivity index (χ4n) is 2.43. The molecule has 0 aliphatic heterocycles. The second-order valence-electron chi connectivity index (χ2n) is 5.58. The summed E-state index contributed by atoms with van der Waals surface area (Å²) in [4.78, 5) is 8.59. The van der Waals surface area contributed by atoms with Gasteiger partial charge < -0.3 is 24.6 Å². The monoisotopic (exact) mass is 355 g/mol. The standard InChI is InChI=1S/C18H21N5O3/c1-12-10-17(23-26-12)22-18-20-9-7-16(21-18)19-8-6-13-4-5-14(24-2)15(11-13)25-3/h4-5,7,9-11H,6,8H2,1-3H3,(H2,19,20,21,22,23). The van der Waals surface area contributed by atoms with Crippen LogP contribution in [-0.4, -0.2) is 35.9 Å². The largest absolute Gasteiger partial charge is 0.493 e. The van der Waals surface area contributed by atoms with Gasteiger partial charge in [0, 0.05) is 18.8 Å². The third-order valence-electron chi connectivity index (χ3n) is 3.69. The van der Waals surface area contributed by atoms with E-state index in [9.17, 15) is 0 Å². The van der Waals surface area contributed by atoms with Crippen molar-refractivity contribution in [3.05, 3.63) is 47.9 Å². The first-order chi connectivity index (χ1) is 12.7. The van der Waals surface area contributed by atoms with Crippen LogP contribution in [-0.2, 0) is 6.42 Å². The Morgan fingerprint density at radius 3 is 2.62 bits per heavy atom. The molecule has 0 fully saturated rings. The number of rotatable bonds is 8. The van der Waals surface area contributed by atoms with Crippen molar-refractivity contribution in [3.63, 3.8) is 0 Å². The third kappa shape index (κ3) is 4.41. The van der Waals surface area contributed by atoms with E-state index in [0.29, 0.717) is 11.8 Å². The molecule has 136 valence electrons. The van der Waals surface area contributed by atoms with Crippen LogP contribution in [0.15, 0.2) is 41.1 Å². The van der Waals surface area contributed by atoms with Crippen molar-refractivity contribution < 1.29 is 14.0 Å². The van der Waals surface area contributed by atoms with Crippen molar-refractivity contribution >= 4 is 17.6 Å². The van der Waals surface area contributed by atoms with Crippen molar-refractivity contribution in [2.45, 2.75) is 13.3 Å². The molecule has 0 aliphatic rings. The highest BCUT2D eigenvalue weighted by Gasteiger charge is 2.06. The number of hydrogen-bond donors (Lipinski definition) is 2. The zero-order chi connectivity index (χ0) is 18.4. The average Bonchev–Trinajstić information content (AvgIpc) is 3.06. The van der Waals surface area contributed by atoms with Gasteiger partial charge >= 0.3 is 0 Å². The van der Waals surface area contributed by atoms with Crippen LogP contribution in [0.1, 0.15) is 11.3 Å². The number of benzene rings is 1. The van der Waals surface area contributed by atoms with Crippen molar-refractivity contribution in [1.82, 2.24) is 15.1 Å². The second kappa shape index (κ2) is 8.19. The van der Waals surface area contributed by atoms with E-state index in [1.807, 2.05) is 31.2 Å². The van der Waals surface area contributed by atoms with Crippen molar-refractivity contribution in [1.29, 1.82) is 0 Å². The van der Waals surface area contributed by atoms with E-state index in [2.05, 4.69) is 25.8 Å². The fourth-order valence-corrected chi connectivity index (χ4v) is 2.43. The first kappa shape index (κ1) is 17.5. The Hall–Kier alpha value is -3.29. The molecule has 2 aromatic heterocycles. The Labute approximate surface area is 151 Å². The summed E-state index contributed by atoms with van der Waals surface area (Å²) in [6, 6.07) is 9.48. The molecule has 0 saturated carbocycles. The molecule has 8 nitrogen and oxygen atoms in total. The lowest BCUT2D eigenvalue weighted by Crippen LogP contribution is -2.08. The van der Waals surface area contributed by atoms with E-state index in [0.717, 1.165) is 41.6 Å². The van der Waals surface area contributed by atoms with Crippen molar-refractivity contribution in [2.24, 2.45) is 0 Å². The molecule has 0 aliphatic carbocycles. The summed E-state index contributed by atoms with van der Waals surface area (Å²) in [5, 5.41) is 10.2. The van der Waals surface area contributed by atoms with Gasteiger partial charge in [-0.1, -0.05) is 11.2 Å². The highest BCUT2D eigenvalue weighted by atomic mass is 16.5. The van der Waals surface area contributed by atoms with Crippen LogP contribution in [0.2, 0.25) is 0 Å². The topological polar surface area (TPSA) is 94.3 Å². The van der Waals surface area contributed by atoms with Gasteiger partial charge in [-0.3, -0.25) is 0 Å². The molecule has 0 radical (unpaired) electrons. The summed E-state index contributed by atoms with van der Waals surface area (Å²) in [5.74, 6) is 3.92. The minimum Gasteiger partial charge on any atom is -0.493 e. The summed E-state index contributed by atoms with van der Waals surface area (Å²) >= 11 is 0. The lowest BCUT2D eigenvalue weighted by molar-refractivity contribution is 0.354. The highest BCUT2D eigenvalue weighted by Crippen LogP contribution is 2.27. The van der Waals surface area contributed by atoms with Crippen LogP contribution in [0.3, 0.4) is 0 Å². The van der Waals surface area contributed by atoms with Crippen molar-refractivity contribution in [2.75, 3.05) is 31.4 Å². The minimum atomic E-state index is 0.453. The number of ether oxygens (including phenoxy) is 2. The van der Waals surface area contributed by atoms with Crippen LogP contribution in [0, 0.1) is 6.92 Å². The number of aromatic nitrogens is 3. The summed E-state index contributed by atoms with van der Waals surface area (Å²) in [6.45, 7) is 2.54. The number of hydrogen-bond acceptors (Lipinski definition) is 8. The normalized spacial score (nSPS) is 10.4. The molecular weight excluding hydrogens is 334 g/mol. The van der Waals surface area contributed by atoms with Gasteiger partial charge in [0.15, 0.2) is 17.3 Å². The Morgan fingerprint density at radius 1 is 1.04 bits per heavy atom. The molecule has 0 unspecified atom stereocenters. The first-order valence-electron chi connectivity index (χ1n) is 8.16. The predicted molar refractivity (Wildman–Crippen MR) is 98.3 cm³/mol. The zero-order valence-electron chi connectivity index (χ0n) is 14.9. The Bertz CT molecular complexity index is 866. The molecule has 3 aromatic rings. The maximum absolute atomic E-state index is 5.33. The van der Waals surface area contributed by atoms with E-state index < -0.39 is 0 Å². The number of aryl methyl sites for hydroxylation is 1. The summed E-state index contributed by atoms with van der Waals surface area (Å²) < 4.78 is 15.6. The van der Waals surface area contributed by atoms with E-state index in [4.69, 9.17) is 14.0 Å². The van der Waals surface area contributed by atoms with Gasteiger partial charge in [0.2, 0.25) is 5.95 Å². The SMILES string of the molecule is COc1ccc(CCNc2ccnc(Nc3cc(C)on3)n2)cc1OC. The van der Waals surface area contributed by atoms with Crippen LogP contribution in [0.5, 0.6) is 11.5 Å². The first-order valence-corrected chi connectivity index (χ1v) is 8.16. The van der Waals surface area contributed by atoms with Gasteiger partial charge in [-0.25, -0.2) is 4.98 Å². The Morgan fingerprint density at radius 2 is 1.88 bits per heavy atom. The van der Waals surface area contributed by atoms with Crippen LogP contribution in [0.4, 0.5) is 17.6 Å². The molecule has 3 rings (SSSR count). The van der Waals surface area contributed by atoms with E-state index >= 15 is 0 Å². The third-order valence-corrected chi connectivity index (χ3v) is 3.69. The number of methoxy groups -OCH3 is 2. The molecule has 0 bridgehead atoms. The average molecular weight is 355 g/mol. The summed E-state index contributed by atoms with van der Waals surface area (Å²) in [7, 11) is 3.26. The molecule has 0 atom stereocenters. The lowest BCUT2D eigenvalue weighted by Gasteiger charge is -2.10. The summed E-state index contributed by atoms with van der Waals surface area (Å²) in [6.07, 6.45) is 2.50. The molecule has 8 heteroatoms. The molecule has 0 amide bonds. The molecule has 2 heterocycles. The van der Waals surface area contributed by atoms with Gasteiger partial charge in [0.25, 0.3) is 0 Å². The predicted octanol–water partition coefficient (Wildman–Crippen LogP) is 3.19. The van der Waals surface area contributed by atoms with Gasteiger partial charge in [0.05, 0.1) is 14.2 Å². The fraction of sp³-hybridized carbons (Fsp3) is 0.278. The molecule has 0 spiro atoms. The molecule has 0 saturated heterocycles. The second-order valence-corrected chi connectivity index (χ2v) is 5.58. The zero-order valence-corrected chi connectivity index (χ0v) is 14.9. The molecule has 26 heavy (non-hydrogen) atoms. The molecule has 1 aromatic carbocycles. The maximum Gasteiger partial charge on any atom is 0.230 e. The van der Waals surface area contributed by atoms with Gasteiger partial charge in [-0.15, -0.1) is 0 Å². The minimum absolute atomic E-state index is 0.453.